The predicted octanol–water partition coefficient (Wildman–Crippen LogP) is 1.09. The van der Waals surface area contributed by atoms with Gasteiger partial charge < -0.3 is 10.2 Å². The van der Waals surface area contributed by atoms with Crippen molar-refractivity contribution < 1.29 is 9.59 Å². The third kappa shape index (κ3) is 6.37. The molecule has 1 N–H and O–H groups in total. The molecule has 1 rings (SSSR count). The van der Waals surface area contributed by atoms with E-state index in [9.17, 15) is 9.59 Å². The molecule has 2 amide bonds. The van der Waals surface area contributed by atoms with Crippen molar-refractivity contribution in [2.24, 2.45) is 5.92 Å². The highest BCUT2D eigenvalue weighted by Gasteiger charge is 2.22. The van der Waals surface area contributed by atoms with E-state index in [4.69, 9.17) is 0 Å². The van der Waals surface area contributed by atoms with Crippen molar-refractivity contribution in [1.82, 2.24) is 15.1 Å². The summed E-state index contributed by atoms with van der Waals surface area (Å²) in [7, 11) is 0. The Labute approximate surface area is 122 Å². The molecule has 1 aliphatic rings. The lowest BCUT2D eigenvalue weighted by Gasteiger charge is -2.34. The van der Waals surface area contributed by atoms with E-state index in [0.717, 1.165) is 32.6 Å². The second kappa shape index (κ2) is 8.25. The summed E-state index contributed by atoms with van der Waals surface area (Å²) in [6, 6.07) is 0.182. The molecule has 5 heteroatoms. The van der Waals surface area contributed by atoms with Gasteiger partial charge in [0.25, 0.3) is 0 Å². The van der Waals surface area contributed by atoms with Crippen LogP contribution >= 0.6 is 0 Å². The first kappa shape index (κ1) is 17.0. The normalized spacial score (nSPS) is 16.8. The second-order valence-electron chi connectivity index (χ2n) is 6.31. The number of piperazine rings is 1. The van der Waals surface area contributed by atoms with E-state index in [1.165, 1.54) is 0 Å². The smallest absolute Gasteiger partial charge is 0.234 e. The van der Waals surface area contributed by atoms with Crippen LogP contribution in [0.3, 0.4) is 0 Å². The monoisotopic (exact) mass is 283 g/mol. The van der Waals surface area contributed by atoms with Gasteiger partial charge in [0.1, 0.15) is 0 Å². The molecule has 0 aromatic carbocycles. The quantitative estimate of drug-likeness (QED) is 0.794. The van der Waals surface area contributed by atoms with Crippen LogP contribution in [-0.4, -0.2) is 60.4 Å². The fraction of sp³-hybridized carbons (Fsp3) is 0.867. The van der Waals surface area contributed by atoms with E-state index in [2.05, 4.69) is 24.1 Å². The standard InChI is InChI=1S/C15H29N3O2/c1-12(2)5-6-15(20)18-9-7-17(8-10-18)11-14(19)16-13(3)4/h12-13H,5-11H2,1-4H3,(H,16,19). The van der Waals surface area contributed by atoms with Crippen LogP contribution in [-0.2, 0) is 9.59 Å². The summed E-state index contributed by atoms with van der Waals surface area (Å²) in [6.07, 6.45) is 1.60. The third-order valence-electron chi connectivity index (χ3n) is 3.48. The Morgan fingerprint density at radius 3 is 2.15 bits per heavy atom. The Morgan fingerprint density at radius 2 is 1.65 bits per heavy atom. The number of amides is 2. The second-order valence-corrected chi connectivity index (χ2v) is 6.31. The lowest BCUT2D eigenvalue weighted by atomic mass is 10.1. The Hall–Kier alpha value is -1.10. The van der Waals surface area contributed by atoms with Gasteiger partial charge in [0.15, 0.2) is 0 Å². The fourth-order valence-electron chi connectivity index (χ4n) is 2.30. The first-order valence-corrected chi connectivity index (χ1v) is 7.68. The maximum Gasteiger partial charge on any atom is 0.234 e. The van der Waals surface area contributed by atoms with Crippen molar-refractivity contribution in [3.8, 4) is 0 Å². The van der Waals surface area contributed by atoms with Gasteiger partial charge in [-0.05, 0) is 26.2 Å². The molecule has 1 saturated heterocycles. The summed E-state index contributed by atoms with van der Waals surface area (Å²) >= 11 is 0. The molecule has 1 fully saturated rings. The van der Waals surface area contributed by atoms with Crippen molar-refractivity contribution >= 4 is 11.8 Å². The van der Waals surface area contributed by atoms with Crippen molar-refractivity contribution in [2.75, 3.05) is 32.7 Å². The molecular weight excluding hydrogens is 254 g/mol. The van der Waals surface area contributed by atoms with Gasteiger partial charge in [0, 0.05) is 38.6 Å². The van der Waals surface area contributed by atoms with E-state index < -0.39 is 0 Å². The Morgan fingerprint density at radius 1 is 1.05 bits per heavy atom. The van der Waals surface area contributed by atoms with Gasteiger partial charge >= 0.3 is 0 Å². The summed E-state index contributed by atoms with van der Waals surface area (Å²) < 4.78 is 0. The molecule has 20 heavy (non-hydrogen) atoms. The Bertz CT molecular complexity index is 321. The minimum Gasteiger partial charge on any atom is -0.353 e. The lowest BCUT2D eigenvalue weighted by molar-refractivity contribution is -0.133. The molecule has 1 aliphatic heterocycles. The number of hydrogen-bond donors (Lipinski definition) is 1. The number of hydrogen-bond acceptors (Lipinski definition) is 3. The van der Waals surface area contributed by atoms with E-state index in [1.807, 2.05) is 18.7 Å². The largest absolute Gasteiger partial charge is 0.353 e. The molecular formula is C15H29N3O2. The number of carbonyl (C=O) groups excluding carboxylic acids is 2. The molecule has 0 aliphatic carbocycles. The van der Waals surface area contributed by atoms with Crippen molar-refractivity contribution in [1.29, 1.82) is 0 Å². The molecule has 0 atom stereocenters. The summed E-state index contributed by atoms with van der Waals surface area (Å²) in [5.74, 6) is 0.893. The molecule has 0 unspecified atom stereocenters. The van der Waals surface area contributed by atoms with Gasteiger partial charge in [-0.15, -0.1) is 0 Å². The van der Waals surface area contributed by atoms with Gasteiger partial charge in [-0.1, -0.05) is 13.8 Å². The Kier molecular flexibility index (Phi) is 6.99. The van der Waals surface area contributed by atoms with E-state index >= 15 is 0 Å². The topological polar surface area (TPSA) is 52.7 Å². The van der Waals surface area contributed by atoms with Crippen LogP contribution in [0.25, 0.3) is 0 Å². The Balaban J connectivity index is 2.25. The first-order valence-electron chi connectivity index (χ1n) is 7.68. The van der Waals surface area contributed by atoms with E-state index in [-0.39, 0.29) is 17.9 Å². The number of nitrogens with zero attached hydrogens (tertiary/aromatic N) is 2. The average Bonchev–Trinajstić information content (AvgIpc) is 2.35. The zero-order valence-corrected chi connectivity index (χ0v) is 13.3. The summed E-state index contributed by atoms with van der Waals surface area (Å²) in [5.41, 5.74) is 0. The zero-order chi connectivity index (χ0) is 15.1. The van der Waals surface area contributed by atoms with E-state index in [0.29, 0.717) is 18.9 Å². The highest BCUT2D eigenvalue weighted by Crippen LogP contribution is 2.09. The molecule has 0 aromatic heterocycles. The molecule has 0 spiro atoms. The highest BCUT2D eigenvalue weighted by molar-refractivity contribution is 5.78. The average molecular weight is 283 g/mol. The van der Waals surface area contributed by atoms with Crippen LogP contribution in [0.1, 0.15) is 40.5 Å². The van der Waals surface area contributed by atoms with E-state index in [1.54, 1.807) is 0 Å². The van der Waals surface area contributed by atoms with Crippen LogP contribution in [0, 0.1) is 5.92 Å². The summed E-state index contributed by atoms with van der Waals surface area (Å²) in [4.78, 5) is 27.7. The van der Waals surface area contributed by atoms with Crippen LogP contribution in [0.15, 0.2) is 0 Å². The zero-order valence-electron chi connectivity index (χ0n) is 13.3. The van der Waals surface area contributed by atoms with Gasteiger partial charge in [-0.3, -0.25) is 14.5 Å². The number of carbonyl (C=O) groups is 2. The van der Waals surface area contributed by atoms with Crippen molar-refractivity contribution in [3.05, 3.63) is 0 Å². The minimum absolute atomic E-state index is 0.0691. The maximum absolute atomic E-state index is 12.0. The van der Waals surface area contributed by atoms with Gasteiger partial charge in [0.05, 0.1) is 6.54 Å². The van der Waals surface area contributed by atoms with Crippen LogP contribution in [0.5, 0.6) is 0 Å². The number of rotatable bonds is 6. The van der Waals surface area contributed by atoms with Crippen LogP contribution in [0.4, 0.5) is 0 Å². The highest BCUT2D eigenvalue weighted by atomic mass is 16.2. The fourth-order valence-corrected chi connectivity index (χ4v) is 2.30. The number of nitrogens with one attached hydrogen (secondary N) is 1. The first-order chi connectivity index (χ1) is 9.38. The van der Waals surface area contributed by atoms with Crippen LogP contribution < -0.4 is 5.32 Å². The van der Waals surface area contributed by atoms with Gasteiger partial charge in [-0.2, -0.15) is 0 Å². The minimum atomic E-state index is 0.0691. The third-order valence-corrected chi connectivity index (χ3v) is 3.48. The summed E-state index contributed by atoms with van der Waals surface area (Å²) in [6.45, 7) is 11.7. The van der Waals surface area contributed by atoms with Gasteiger partial charge in [-0.25, -0.2) is 0 Å². The summed E-state index contributed by atoms with van der Waals surface area (Å²) in [5, 5.41) is 2.90. The molecule has 0 saturated carbocycles. The van der Waals surface area contributed by atoms with Gasteiger partial charge in [0.2, 0.25) is 11.8 Å². The predicted molar refractivity (Wildman–Crippen MR) is 80.4 cm³/mol. The lowest BCUT2D eigenvalue weighted by Crippen LogP contribution is -2.51. The molecule has 5 nitrogen and oxygen atoms in total. The maximum atomic E-state index is 12.0. The van der Waals surface area contributed by atoms with Crippen molar-refractivity contribution in [3.63, 3.8) is 0 Å². The molecule has 0 radical (unpaired) electrons. The molecule has 0 bridgehead atoms. The molecule has 0 aromatic rings. The molecule has 1 heterocycles. The SMILES string of the molecule is CC(C)CCC(=O)N1CCN(CC(=O)NC(C)C)CC1. The molecule has 116 valence electrons. The van der Waals surface area contributed by atoms with Crippen LogP contribution in [0.2, 0.25) is 0 Å². The van der Waals surface area contributed by atoms with Crippen molar-refractivity contribution in [2.45, 2.75) is 46.6 Å².